The number of carboxylic acid groups (broad SMARTS) is 1. The van der Waals surface area contributed by atoms with Crippen LogP contribution < -0.4 is 10.1 Å². The van der Waals surface area contributed by atoms with Gasteiger partial charge in [0, 0.05) is 17.2 Å². The molecule has 0 fully saturated rings. The van der Waals surface area contributed by atoms with Crippen LogP contribution in [0, 0.1) is 5.41 Å². The highest BCUT2D eigenvalue weighted by atomic mass is 16.5. The molecule has 0 saturated heterocycles. The normalized spacial score (nSPS) is 11.5. The van der Waals surface area contributed by atoms with Crippen LogP contribution in [0.4, 0.5) is 5.69 Å². The van der Waals surface area contributed by atoms with E-state index >= 15 is 0 Å². The number of carboxylic acids is 1. The zero-order valence-corrected chi connectivity index (χ0v) is 18.9. The van der Waals surface area contributed by atoms with E-state index < -0.39 is 11.4 Å². The van der Waals surface area contributed by atoms with Crippen LogP contribution in [-0.4, -0.2) is 23.6 Å². The molecule has 2 aromatic rings. The average molecular weight is 424 g/mol. The SMILES string of the molecule is CCc1ccc(CC)c(OCCCC(C)(C)C(=O)Nc2ccc(C=CC(=O)O)cc2)c1. The van der Waals surface area contributed by atoms with Gasteiger partial charge in [-0.1, -0.05) is 52.0 Å². The second-order valence-corrected chi connectivity index (χ2v) is 8.23. The largest absolute Gasteiger partial charge is 0.493 e. The lowest BCUT2D eigenvalue weighted by atomic mass is 9.87. The lowest BCUT2D eigenvalue weighted by molar-refractivity contribution is -0.131. The van der Waals surface area contributed by atoms with Gasteiger partial charge in [0.05, 0.1) is 6.61 Å². The molecule has 2 rings (SSSR count). The molecule has 0 aliphatic heterocycles. The summed E-state index contributed by atoms with van der Waals surface area (Å²) in [6.07, 6.45) is 5.98. The summed E-state index contributed by atoms with van der Waals surface area (Å²) in [5.41, 5.74) is 3.37. The molecule has 0 aliphatic rings. The molecule has 0 unspecified atom stereocenters. The first-order valence-electron chi connectivity index (χ1n) is 10.8. The second kappa shape index (κ2) is 11.3. The van der Waals surface area contributed by atoms with Gasteiger partial charge in [-0.3, -0.25) is 4.79 Å². The van der Waals surface area contributed by atoms with Crippen molar-refractivity contribution in [3.05, 3.63) is 65.2 Å². The first-order chi connectivity index (χ1) is 14.7. The number of hydrogen-bond acceptors (Lipinski definition) is 3. The van der Waals surface area contributed by atoms with Crippen molar-refractivity contribution in [2.24, 2.45) is 5.41 Å². The molecule has 5 nitrogen and oxygen atoms in total. The molecule has 2 aromatic carbocycles. The fraction of sp³-hybridized carbons (Fsp3) is 0.385. The summed E-state index contributed by atoms with van der Waals surface area (Å²) in [7, 11) is 0. The number of rotatable bonds is 11. The van der Waals surface area contributed by atoms with Crippen LogP contribution in [0.3, 0.4) is 0 Å². The average Bonchev–Trinajstić information content (AvgIpc) is 2.76. The fourth-order valence-corrected chi connectivity index (χ4v) is 3.20. The number of carbonyl (C=O) groups excluding carboxylic acids is 1. The number of aliphatic carboxylic acids is 1. The molecule has 0 spiro atoms. The van der Waals surface area contributed by atoms with Crippen molar-refractivity contribution in [3.63, 3.8) is 0 Å². The quantitative estimate of drug-likeness (QED) is 0.357. The molecule has 0 atom stereocenters. The van der Waals surface area contributed by atoms with Gasteiger partial charge in [0.15, 0.2) is 0 Å². The van der Waals surface area contributed by atoms with Gasteiger partial charge in [0.25, 0.3) is 0 Å². The molecule has 31 heavy (non-hydrogen) atoms. The Bertz CT molecular complexity index is 914. The molecular weight excluding hydrogens is 390 g/mol. The van der Waals surface area contributed by atoms with Crippen molar-refractivity contribution in [1.82, 2.24) is 0 Å². The van der Waals surface area contributed by atoms with Gasteiger partial charge in [0.2, 0.25) is 5.91 Å². The molecule has 2 N–H and O–H groups in total. The summed E-state index contributed by atoms with van der Waals surface area (Å²) in [6, 6.07) is 13.5. The highest BCUT2D eigenvalue weighted by molar-refractivity contribution is 5.95. The molecule has 0 aromatic heterocycles. The molecule has 166 valence electrons. The third kappa shape index (κ3) is 7.59. The van der Waals surface area contributed by atoms with Gasteiger partial charge in [0.1, 0.15) is 5.75 Å². The number of carbonyl (C=O) groups is 2. The molecule has 0 radical (unpaired) electrons. The standard InChI is InChI=1S/C26H33NO4/c1-5-19-8-12-21(6-2)23(18-19)31-17-7-16-26(3,4)25(30)27-22-13-9-20(10-14-22)11-15-24(28)29/h8-15,18H,5-7,16-17H2,1-4H3,(H,27,30)(H,28,29). The number of ether oxygens (including phenoxy) is 1. The maximum Gasteiger partial charge on any atom is 0.328 e. The van der Waals surface area contributed by atoms with Crippen molar-refractivity contribution < 1.29 is 19.4 Å². The van der Waals surface area contributed by atoms with E-state index in [-0.39, 0.29) is 5.91 Å². The van der Waals surface area contributed by atoms with E-state index in [1.807, 2.05) is 13.8 Å². The minimum atomic E-state index is -0.993. The van der Waals surface area contributed by atoms with E-state index in [0.29, 0.717) is 18.7 Å². The second-order valence-electron chi connectivity index (χ2n) is 8.23. The van der Waals surface area contributed by atoms with Gasteiger partial charge in [-0.2, -0.15) is 0 Å². The predicted octanol–water partition coefficient (Wildman–Crippen LogP) is 5.73. The van der Waals surface area contributed by atoms with Crippen LogP contribution in [0.15, 0.2) is 48.5 Å². The summed E-state index contributed by atoms with van der Waals surface area (Å²) < 4.78 is 6.04. The molecule has 1 amide bonds. The first-order valence-corrected chi connectivity index (χ1v) is 10.8. The Morgan fingerprint density at radius 3 is 2.39 bits per heavy atom. The smallest absolute Gasteiger partial charge is 0.328 e. The molecule has 0 heterocycles. The van der Waals surface area contributed by atoms with Crippen LogP contribution in [0.25, 0.3) is 6.08 Å². The van der Waals surface area contributed by atoms with Gasteiger partial charge in [-0.25, -0.2) is 4.79 Å². The van der Waals surface area contributed by atoms with Crippen LogP contribution in [0.2, 0.25) is 0 Å². The van der Waals surface area contributed by atoms with E-state index in [1.54, 1.807) is 24.3 Å². The maximum absolute atomic E-state index is 12.7. The summed E-state index contributed by atoms with van der Waals surface area (Å²) in [4.78, 5) is 23.3. The number of benzene rings is 2. The van der Waals surface area contributed by atoms with Crippen LogP contribution in [0.1, 0.15) is 57.2 Å². The van der Waals surface area contributed by atoms with Crippen molar-refractivity contribution in [3.8, 4) is 5.75 Å². The summed E-state index contributed by atoms with van der Waals surface area (Å²) >= 11 is 0. The van der Waals surface area contributed by atoms with E-state index in [2.05, 4.69) is 37.4 Å². The molecule has 0 aliphatic carbocycles. The Morgan fingerprint density at radius 1 is 1.06 bits per heavy atom. The highest BCUT2D eigenvalue weighted by Gasteiger charge is 2.27. The minimum absolute atomic E-state index is 0.0523. The topological polar surface area (TPSA) is 75.6 Å². The first kappa shape index (κ1) is 24.2. The van der Waals surface area contributed by atoms with Gasteiger partial charge >= 0.3 is 5.97 Å². The third-order valence-electron chi connectivity index (χ3n) is 5.33. The zero-order chi connectivity index (χ0) is 22.9. The molecule has 0 saturated carbocycles. The summed E-state index contributed by atoms with van der Waals surface area (Å²) in [6.45, 7) is 8.69. The molecule has 5 heteroatoms. The van der Waals surface area contributed by atoms with E-state index in [1.165, 1.54) is 17.2 Å². The number of anilines is 1. The van der Waals surface area contributed by atoms with Gasteiger partial charge < -0.3 is 15.2 Å². The van der Waals surface area contributed by atoms with Crippen molar-refractivity contribution >= 4 is 23.6 Å². The Hall–Kier alpha value is -3.08. The molecule has 0 bridgehead atoms. The zero-order valence-electron chi connectivity index (χ0n) is 18.9. The van der Waals surface area contributed by atoms with Gasteiger partial charge in [-0.15, -0.1) is 0 Å². The predicted molar refractivity (Wildman–Crippen MR) is 125 cm³/mol. The third-order valence-corrected chi connectivity index (χ3v) is 5.33. The van der Waals surface area contributed by atoms with Gasteiger partial charge in [-0.05, 0) is 66.6 Å². The van der Waals surface area contributed by atoms with Crippen LogP contribution >= 0.6 is 0 Å². The monoisotopic (exact) mass is 423 g/mol. The minimum Gasteiger partial charge on any atom is -0.493 e. The van der Waals surface area contributed by atoms with E-state index in [0.717, 1.165) is 36.7 Å². The number of aryl methyl sites for hydroxylation is 2. The Balaban J connectivity index is 1.86. The van der Waals surface area contributed by atoms with Crippen LogP contribution in [-0.2, 0) is 22.4 Å². The maximum atomic E-state index is 12.7. The summed E-state index contributed by atoms with van der Waals surface area (Å²) in [5, 5.41) is 11.6. The van der Waals surface area contributed by atoms with Crippen molar-refractivity contribution in [2.75, 3.05) is 11.9 Å². The lowest BCUT2D eigenvalue weighted by Crippen LogP contribution is -2.31. The molecular formula is C26H33NO4. The van der Waals surface area contributed by atoms with Crippen molar-refractivity contribution in [2.45, 2.75) is 53.4 Å². The van der Waals surface area contributed by atoms with E-state index in [4.69, 9.17) is 9.84 Å². The summed E-state index contributed by atoms with van der Waals surface area (Å²) in [5.74, 6) is -0.100. The Kier molecular flexibility index (Phi) is 8.86. The van der Waals surface area contributed by atoms with Crippen LogP contribution in [0.5, 0.6) is 5.75 Å². The lowest BCUT2D eigenvalue weighted by Gasteiger charge is -2.24. The Morgan fingerprint density at radius 2 is 1.77 bits per heavy atom. The number of hydrogen-bond donors (Lipinski definition) is 2. The Labute approximate surface area is 185 Å². The fourth-order valence-electron chi connectivity index (χ4n) is 3.20. The number of nitrogens with one attached hydrogen (secondary N) is 1. The van der Waals surface area contributed by atoms with E-state index in [9.17, 15) is 9.59 Å². The van der Waals surface area contributed by atoms with Crippen molar-refractivity contribution in [1.29, 1.82) is 0 Å². The highest BCUT2D eigenvalue weighted by Crippen LogP contribution is 2.26. The number of amides is 1.